The Labute approximate surface area is 351 Å². The van der Waals surface area contributed by atoms with E-state index in [1.54, 1.807) is 12.1 Å². The minimum Gasteiger partial charge on any atom is -0.508 e. The molecule has 0 spiro atoms. The molecular weight excluding hydrogens is 741 g/mol. The van der Waals surface area contributed by atoms with E-state index in [9.17, 15) is 10.2 Å². The highest BCUT2D eigenvalue weighted by Crippen LogP contribution is 2.54. The number of fused-ring (bicyclic) bond motifs is 2. The Balaban J connectivity index is 1.46. The molecule has 4 aromatic carbocycles. The predicted octanol–water partition coefficient (Wildman–Crippen LogP) is 13.4. The lowest BCUT2D eigenvalue weighted by Gasteiger charge is -2.34. The van der Waals surface area contributed by atoms with E-state index < -0.39 is 0 Å². The summed E-state index contributed by atoms with van der Waals surface area (Å²) in [5, 5.41) is 24.1. The van der Waals surface area contributed by atoms with Gasteiger partial charge in [-0.05, 0) is 49.9 Å². The Morgan fingerprint density at radius 2 is 0.576 bits per heavy atom. The fraction of sp³-hybridized carbons (Fsp3) is 0.529. The van der Waals surface area contributed by atoms with Crippen molar-refractivity contribution in [1.29, 1.82) is 0 Å². The van der Waals surface area contributed by atoms with Gasteiger partial charge in [-0.15, -0.1) is 0 Å². The molecule has 8 nitrogen and oxygen atoms in total. The zero-order valence-corrected chi connectivity index (χ0v) is 35.7. The zero-order valence-electron chi connectivity index (χ0n) is 35.7. The van der Waals surface area contributed by atoms with Crippen molar-refractivity contribution in [3.63, 3.8) is 0 Å². The third-order valence-corrected chi connectivity index (χ3v) is 13.3. The van der Waals surface area contributed by atoms with Gasteiger partial charge >= 0.3 is 0 Å². The van der Waals surface area contributed by atoms with Crippen molar-refractivity contribution in [2.45, 2.75) is 154 Å². The van der Waals surface area contributed by atoms with E-state index in [2.05, 4.69) is 64.1 Å². The topological polar surface area (TPSA) is 95.8 Å². The Kier molecular flexibility index (Phi) is 13.0. The van der Waals surface area contributed by atoms with Gasteiger partial charge in [-0.25, -0.2) is 0 Å². The first-order chi connectivity index (χ1) is 28.9. The van der Waals surface area contributed by atoms with Gasteiger partial charge in [-0.1, -0.05) is 105 Å². The van der Waals surface area contributed by atoms with Gasteiger partial charge in [0.1, 0.15) is 46.0 Å². The van der Waals surface area contributed by atoms with Crippen molar-refractivity contribution in [1.82, 2.24) is 0 Å². The van der Waals surface area contributed by atoms with Crippen LogP contribution in [-0.2, 0) is 0 Å². The Morgan fingerprint density at radius 1 is 0.339 bits per heavy atom. The van der Waals surface area contributed by atoms with Crippen molar-refractivity contribution in [3.05, 3.63) is 93.0 Å². The van der Waals surface area contributed by atoms with Crippen molar-refractivity contribution in [2.75, 3.05) is 20.4 Å². The second-order valence-corrected chi connectivity index (χ2v) is 17.2. The average molecular weight is 805 g/mol. The van der Waals surface area contributed by atoms with E-state index in [-0.39, 0.29) is 55.5 Å². The molecule has 0 saturated carbocycles. The summed E-state index contributed by atoms with van der Waals surface area (Å²) in [5.41, 5.74) is 8.21. The Hall–Kier alpha value is -4.72. The van der Waals surface area contributed by atoms with Crippen LogP contribution in [0, 0.1) is 0 Å². The molecule has 0 aromatic heterocycles. The molecule has 3 aliphatic heterocycles. The molecule has 4 aliphatic rings. The number of hydrogen-bond donors (Lipinski definition) is 2. The molecule has 0 fully saturated rings. The van der Waals surface area contributed by atoms with Crippen LogP contribution in [-0.4, -0.2) is 30.6 Å². The molecule has 316 valence electrons. The number of benzene rings is 4. The molecule has 8 rings (SSSR count). The maximum Gasteiger partial charge on any atom is 0.230 e. The van der Waals surface area contributed by atoms with E-state index >= 15 is 0 Å². The van der Waals surface area contributed by atoms with E-state index in [0.29, 0.717) is 11.5 Å². The summed E-state index contributed by atoms with van der Waals surface area (Å²) in [6.45, 7) is 8.98. The first-order valence-corrected chi connectivity index (χ1v) is 22.8. The van der Waals surface area contributed by atoms with Crippen LogP contribution in [0.5, 0.6) is 46.0 Å². The highest BCUT2D eigenvalue weighted by molar-refractivity contribution is 5.63. The molecule has 2 atom stereocenters. The SMILES string of the molecule is CCCCCC1c2cc3c(cc2O)OCOc2cc4c(cc2C3CCCCC)C(CCCCC)c2cc3c(cc2OCO4)OCOc2cc(O)c1cc2C3CCCCC. The van der Waals surface area contributed by atoms with Crippen LogP contribution in [0.25, 0.3) is 0 Å². The second kappa shape index (κ2) is 18.7. The van der Waals surface area contributed by atoms with Crippen LogP contribution < -0.4 is 28.4 Å². The molecule has 8 bridgehead atoms. The van der Waals surface area contributed by atoms with E-state index in [4.69, 9.17) is 28.4 Å². The van der Waals surface area contributed by atoms with Gasteiger partial charge in [0.2, 0.25) is 20.4 Å². The summed E-state index contributed by atoms with van der Waals surface area (Å²) in [5.74, 6) is 4.22. The summed E-state index contributed by atoms with van der Waals surface area (Å²) in [4.78, 5) is 0. The normalized spacial score (nSPS) is 19.7. The highest BCUT2D eigenvalue weighted by Gasteiger charge is 2.36. The third kappa shape index (κ3) is 8.38. The average Bonchev–Trinajstić information content (AvgIpc) is 3.21. The van der Waals surface area contributed by atoms with Gasteiger partial charge in [0.05, 0.1) is 0 Å². The predicted molar refractivity (Wildman–Crippen MR) is 231 cm³/mol. The fourth-order valence-electron chi connectivity index (χ4n) is 10.1. The van der Waals surface area contributed by atoms with Crippen LogP contribution >= 0.6 is 0 Å². The van der Waals surface area contributed by atoms with Gasteiger partial charge in [0.25, 0.3) is 0 Å². The molecule has 0 amide bonds. The number of phenols is 2. The van der Waals surface area contributed by atoms with Crippen molar-refractivity contribution in [2.24, 2.45) is 0 Å². The van der Waals surface area contributed by atoms with Crippen LogP contribution in [0.1, 0.15) is 199 Å². The lowest BCUT2D eigenvalue weighted by atomic mass is 9.76. The molecule has 59 heavy (non-hydrogen) atoms. The van der Waals surface area contributed by atoms with Crippen molar-refractivity contribution < 1.29 is 38.6 Å². The third-order valence-electron chi connectivity index (χ3n) is 13.3. The number of hydrogen-bond acceptors (Lipinski definition) is 8. The lowest BCUT2D eigenvalue weighted by molar-refractivity contribution is 0.103. The first kappa shape index (κ1) is 41.0. The zero-order chi connectivity index (χ0) is 40.9. The number of unbranched alkanes of at least 4 members (excludes halogenated alkanes) is 8. The molecule has 0 radical (unpaired) electrons. The van der Waals surface area contributed by atoms with E-state index in [1.165, 1.54) is 0 Å². The number of ether oxygens (including phenoxy) is 6. The molecule has 2 unspecified atom stereocenters. The maximum atomic E-state index is 12.1. The summed E-state index contributed by atoms with van der Waals surface area (Å²) in [6, 6.07) is 16.9. The van der Waals surface area contributed by atoms with Crippen molar-refractivity contribution in [3.8, 4) is 46.0 Å². The molecule has 4 aromatic rings. The molecule has 0 saturated heterocycles. The highest BCUT2D eigenvalue weighted by atomic mass is 16.7. The number of rotatable bonds is 16. The smallest absolute Gasteiger partial charge is 0.230 e. The number of aromatic hydroxyl groups is 2. The molecular formula is C51H64O8. The lowest BCUT2D eigenvalue weighted by Crippen LogP contribution is -2.21. The molecule has 1 aliphatic carbocycles. The fourth-order valence-corrected chi connectivity index (χ4v) is 10.1. The van der Waals surface area contributed by atoms with Crippen LogP contribution in [0.15, 0.2) is 48.5 Å². The van der Waals surface area contributed by atoms with Gasteiger partial charge in [0.15, 0.2) is 0 Å². The van der Waals surface area contributed by atoms with Crippen LogP contribution in [0.2, 0.25) is 0 Å². The molecule has 8 heteroatoms. The monoisotopic (exact) mass is 804 g/mol. The van der Waals surface area contributed by atoms with Gasteiger partial charge in [-0.2, -0.15) is 0 Å². The Morgan fingerprint density at radius 3 is 0.847 bits per heavy atom. The summed E-state index contributed by atoms with van der Waals surface area (Å²) in [7, 11) is 0. The van der Waals surface area contributed by atoms with Crippen molar-refractivity contribution >= 4 is 0 Å². The van der Waals surface area contributed by atoms with Gasteiger partial charge in [-0.3, -0.25) is 0 Å². The second-order valence-electron chi connectivity index (χ2n) is 17.2. The van der Waals surface area contributed by atoms with E-state index in [0.717, 1.165) is 170 Å². The van der Waals surface area contributed by atoms with Crippen LogP contribution in [0.3, 0.4) is 0 Å². The van der Waals surface area contributed by atoms with Gasteiger partial charge < -0.3 is 38.6 Å². The summed E-state index contributed by atoms with van der Waals surface area (Å²) < 4.78 is 38.8. The molecule has 2 N–H and O–H groups in total. The maximum absolute atomic E-state index is 12.1. The number of phenolic OH excluding ortho intramolecular Hbond substituents is 2. The minimum absolute atomic E-state index is 0.00435. The van der Waals surface area contributed by atoms with E-state index in [1.807, 2.05) is 0 Å². The standard InChI is InChI=1S/C51H64O8/c1-5-9-13-17-32-36-21-38-33(18-14-10-6-2)40-23-42-35(20-16-12-8-4)43-24-41-34(19-15-11-7-3)39-22-37(32)45(53)26-47(39)55-30-57-49(41)28-51(43)59-31-58-50(42)27-48(40)56-29-54-46(38)25-44(36)52/h21-28,32-35,52-53H,5-20,29-31H2,1-4H3. The summed E-state index contributed by atoms with van der Waals surface area (Å²) >= 11 is 0. The largest absolute Gasteiger partial charge is 0.508 e. The minimum atomic E-state index is -0.272. The quantitative estimate of drug-likeness (QED) is 0.108. The Bertz CT molecular complexity index is 1950. The first-order valence-electron chi connectivity index (χ1n) is 22.8. The molecule has 3 heterocycles. The summed E-state index contributed by atoms with van der Waals surface area (Å²) in [6.07, 6.45) is 16.3. The van der Waals surface area contributed by atoms with Gasteiger partial charge in [0, 0.05) is 92.4 Å². The van der Waals surface area contributed by atoms with Crippen LogP contribution in [0.4, 0.5) is 0 Å².